The monoisotopic (exact) mass is 425 g/mol. The van der Waals surface area contributed by atoms with Crippen molar-refractivity contribution in [3.63, 3.8) is 0 Å². The average Bonchev–Trinajstić information content (AvgIpc) is 2.80. The van der Waals surface area contributed by atoms with Crippen LogP contribution in [-0.4, -0.2) is 45.9 Å². The van der Waals surface area contributed by atoms with Crippen LogP contribution in [0.3, 0.4) is 0 Å². The predicted molar refractivity (Wildman–Crippen MR) is 125 cm³/mol. The third kappa shape index (κ3) is 6.62. The van der Waals surface area contributed by atoms with Crippen molar-refractivity contribution in [2.45, 2.75) is 38.9 Å². The van der Waals surface area contributed by atoms with Gasteiger partial charge in [0.2, 0.25) is 0 Å². The van der Waals surface area contributed by atoms with Crippen molar-refractivity contribution in [3.05, 3.63) is 59.7 Å². The number of benzene rings is 2. The van der Waals surface area contributed by atoms with Gasteiger partial charge in [-0.05, 0) is 44.4 Å². The maximum absolute atomic E-state index is 6.14. The number of hydrogen-bond donors (Lipinski definition) is 2. The summed E-state index contributed by atoms with van der Waals surface area (Å²) in [6, 6.07) is 16.4. The molecule has 2 aromatic carbocycles. The summed E-state index contributed by atoms with van der Waals surface area (Å²) in [5, 5.41) is 6.83. The third-order valence-corrected chi connectivity index (χ3v) is 5.56. The lowest BCUT2D eigenvalue weighted by molar-refractivity contribution is -0.0265. The van der Waals surface area contributed by atoms with E-state index in [9.17, 15) is 0 Å². The summed E-state index contributed by atoms with van der Waals surface area (Å²) in [5.41, 5.74) is 2.52. The molecule has 1 heterocycles. The summed E-state index contributed by atoms with van der Waals surface area (Å²) < 4.78 is 17.5. The minimum Gasteiger partial charge on any atom is -0.493 e. The van der Waals surface area contributed by atoms with Crippen LogP contribution in [0.4, 0.5) is 0 Å². The Morgan fingerprint density at radius 1 is 1.13 bits per heavy atom. The lowest BCUT2D eigenvalue weighted by atomic mass is 9.89. The highest BCUT2D eigenvalue weighted by Gasteiger charge is 2.27. The minimum atomic E-state index is -0.0480. The van der Waals surface area contributed by atoms with E-state index < -0.39 is 0 Å². The third-order valence-electron chi connectivity index (χ3n) is 5.56. The fourth-order valence-electron chi connectivity index (χ4n) is 3.84. The van der Waals surface area contributed by atoms with E-state index in [0.717, 1.165) is 43.5 Å². The van der Waals surface area contributed by atoms with Gasteiger partial charge >= 0.3 is 0 Å². The van der Waals surface area contributed by atoms with Gasteiger partial charge in [-0.2, -0.15) is 0 Å². The summed E-state index contributed by atoms with van der Waals surface area (Å²) in [5.74, 6) is 2.64. The van der Waals surface area contributed by atoms with Gasteiger partial charge in [-0.1, -0.05) is 42.0 Å². The lowest BCUT2D eigenvalue weighted by Crippen LogP contribution is -2.44. The summed E-state index contributed by atoms with van der Waals surface area (Å²) in [4.78, 5) is 4.37. The molecule has 0 spiro atoms. The Kier molecular flexibility index (Phi) is 8.59. The molecule has 1 fully saturated rings. The first-order chi connectivity index (χ1) is 15.1. The van der Waals surface area contributed by atoms with Gasteiger partial charge < -0.3 is 24.8 Å². The number of hydrogen-bond acceptors (Lipinski definition) is 4. The number of aryl methyl sites for hydroxylation is 1. The van der Waals surface area contributed by atoms with E-state index in [1.807, 2.05) is 31.2 Å². The number of rotatable bonds is 8. The van der Waals surface area contributed by atoms with E-state index in [1.165, 1.54) is 11.1 Å². The van der Waals surface area contributed by atoms with E-state index in [0.29, 0.717) is 12.5 Å². The maximum atomic E-state index is 6.14. The van der Waals surface area contributed by atoms with E-state index >= 15 is 0 Å². The van der Waals surface area contributed by atoms with Crippen LogP contribution in [0.15, 0.2) is 53.5 Å². The summed E-state index contributed by atoms with van der Waals surface area (Å²) in [6.45, 7) is 6.38. The molecule has 3 atom stereocenters. The molecular formula is C25H35N3O3. The molecule has 0 amide bonds. The number of aliphatic imine (C=N–C) groups is 1. The van der Waals surface area contributed by atoms with Crippen LogP contribution >= 0.6 is 0 Å². The Balaban J connectivity index is 1.50. The van der Waals surface area contributed by atoms with E-state index in [4.69, 9.17) is 14.2 Å². The second kappa shape index (κ2) is 11.6. The molecule has 3 rings (SSSR count). The topological polar surface area (TPSA) is 64.1 Å². The molecule has 0 aliphatic carbocycles. The highest BCUT2D eigenvalue weighted by atomic mass is 16.5. The Hall–Kier alpha value is -2.73. The van der Waals surface area contributed by atoms with Gasteiger partial charge in [0, 0.05) is 26.1 Å². The molecule has 0 bridgehead atoms. The summed E-state index contributed by atoms with van der Waals surface area (Å²) in [6.07, 6.45) is 2.29. The normalized spacial score (nSPS) is 20.1. The second-order valence-corrected chi connectivity index (χ2v) is 8.02. The van der Waals surface area contributed by atoms with Crippen LogP contribution in [0, 0.1) is 12.8 Å². The SMILES string of the molecule is CN=C(NCC(C)Oc1ccccc1OC)NCC1CCCOC1c1ccc(C)cc1. The molecule has 2 aromatic rings. The number of nitrogens with one attached hydrogen (secondary N) is 2. The molecule has 0 aromatic heterocycles. The Morgan fingerprint density at radius 3 is 2.58 bits per heavy atom. The van der Waals surface area contributed by atoms with Crippen molar-refractivity contribution >= 4 is 5.96 Å². The first-order valence-electron chi connectivity index (χ1n) is 11.0. The van der Waals surface area contributed by atoms with Crippen molar-refractivity contribution in [1.82, 2.24) is 10.6 Å². The number of guanidine groups is 1. The molecule has 31 heavy (non-hydrogen) atoms. The first-order valence-corrected chi connectivity index (χ1v) is 11.0. The van der Waals surface area contributed by atoms with Crippen molar-refractivity contribution in [3.8, 4) is 11.5 Å². The second-order valence-electron chi connectivity index (χ2n) is 8.02. The largest absolute Gasteiger partial charge is 0.493 e. The van der Waals surface area contributed by atoms with Crippen LogP contribution in [0.1, 0.15) is 37.0 Å². The quantitative estimate of drug-likeness (QED) is 0.492. The lowest BCUT2D eigenvalue weighted by Gasteiger charge is -2.32. The van der Waals surface area contributed by atoms with Gasteiger partial charge in [0.15, 0.2) is 17.5 Å². The van der Waals surface area contributed by atoms with Gasteiger partial charge in [0.25, 0.3) is 0 Å². The molecule has 0 radical (unpaired) electrons. The predicted octanol–water partition coefficient (Wildman–Crippen LogP) is 4.10. The Morgan fingerprint density at radius 2 is 1.87 bits per heavy atom. The minimum absolute atomic E-state index is 0.0480. The average molecular weight is 426 g/mol. The Bertz CT molecular complexity index is 838. The number of methoxy groups -OCH3 is 1. The molecule has 6 heteroatoms. The molecule has 168 valence electrons. The fourth-order valence-corrected chi connectivity index (χ4v) is 3.84. The standard InChI is InChI=1S/C25H35N3O3/c1-18-11-13-20(14-12-18)24-21(8-7-15-30-24)17-28-25(26-3)27-16-19(2)31-23-10-6-5-9-22(23)29-4/h5-6,9-14,19,21,24H,7-8,15-17H2,1-4H3,(H2,26,27,28). The molecule has 1 saturated heterocycles. The molecule has 2 N–H and O–H groups in total. The molecule has 1 aliphatic heterocycles. The van der Waals surface area contributed by atoms with Gasteiger partial charge in [-0.15, -0.1) is 0 Å². The van der Waals surface area contributed by atoms with Crippen LogP contribution in [-0.2, 0) is 4.74 Å². The molecule has 1 aliphatic rings. The van der Waals surface area contributed by atoms with Crippen LogP contribution in [0.2, 0.25) is 0 Å². The van der Waals surface area contributed by atoms with Gasteiger partial charge in [-0.25, -0.2) is 0 Å². The zero-order chi connectivity index (χ0) is 22.1. The van der Waals surface area contributed by atoms with Crippen molar-refractivity contribution in [1.29, 1.82) is 0 Å². The maximum Gasteiger partial charge on any atom is 0.191 e. The summed E-state index contributed by atoms with van der Waals surface area (Å²) >= 11 is 0. The van der Waals surface area contributed by atoms with E-state index in [2.05, 4.69) is 46.8 Å². The van der Waals surface area contributed by atoms with Crippen molar-refractivity contribution in [2.75, 3.05) is 33.9 Å². The molecular weight excluding hydrogens is 390 g/mol. The Labute approximate surface area is 186 Å². The zero-order valence-electron chi connectivity index (χ0n) is 19.1. The van der Waals surface area contributed by atoms with Gasteiger partial charge in [0.1, 0.15) is 6.10 Å². The van der Waals surface area contributed by atoms with Gasteiger partial charge in [-0.3, -0.25) is 4.99 Å². The molecule has 0 saturated carbocycles. The van der Waals surface area contributed by atoms with E-state index in [-0.39, 0.29) is 12.2 Å². The highest BCUT2D eigenvalue weighted by molar-refractivity contribution is 5.79. The van der Waals surface area contributed by atoms with Crippen LogP contribution in [0.5, 0.6) is 11.5 Å². The van der Waals surface area contributed by atoms with E-state index in [1.54, 1.807) is 14.2 Å². The van der Waals surface area contributed by atoms with Crippen LogP contribution < -0.4 is 20.1 Å². The molecule has 3 unspecified atom stereocenters. The van der Waals surface area contributed by atoms with Crippen molar-refractivity contribution < 1.29 is 14.2 Å². The number of nitrogens with zero attached hydrogens (tertiary/aromatic N) is 1. The smallest absolute Gasteiger partial charge is 0.191 e. The number of ether oxygens (including phenoxy) is 3. The number of para-hydroxylation sites is 2. The zero-order valence-corrected chi connectivity index (χ0v) is 19.1. The first kappa shape index (κ1) is 22.9. The van der Waals surface area contributed by atoms with Crippen molar-refractivity contribution in [2.24, 2.45) is 10.9 Å². The highest BCUT2D eigenvalue weighted by Crippen LogP contribution is 2.33. The molecule has 6 nitrogen and oxygen atoms in total. The van der Waals surface area contributed by atoms with Gasteiger partial charge in [0.05, 0.1) is 19.8 Å². The van der Waals surface area contributed by atoms with Crippen LogP contribution in [0.25, 0.3) is 0 Å². The summed E-state index contributed by atoms with van der Waals surface area (Å²) in [7, 11) is 3.44. The fraction of sp³-hybridized carbons (Fsp3) is 0.480.